The first-order valence-corrected chi connectivity index (χ1v) is 46.0. The average Bonchev–Trinajstić information content (AvgIpc) is 0.849. The van der Waals surface area contributed by atoms with E-state index in [1.54, 1.807) is 13.6 Å². The molecule has 0 aromatic carbocycles. The second-order valence-corrected chi connectivity index (χ2v) is 43.1. The molecule has 0 aromatic heterocycles. The van der Waals surface area contributed by atoms with Crippen LogP contribution in [0.1, 0.15) is 263 Å². The number of rotatable bonds is 12. The van der Waals surface area contributed by atoms with Crippen molar-refractivity contribution in [3.63, 3.8) is 0 Å². The first kappa shape index (κ1) is 112. The van der Waals surface area contributed by atoms with Gasteiger partial charge in [-0.25, -0.2) is 0 Å². The third-order valence-electron chi connectivity index (χ3n) is 25.9. The van der Waals surface area contributed by atoms with Crippen LogP contribution in [0, 0.1) is 60.1 Å². The van der Waals surface area contributed by atoms with Gasteiger partial charge in [-0.15, -0.1) is 13.2 Å². The highest BCUT2D eigenvalue weighted by atomic mass is 16.3. The lowest BCUT2D eigenvalue weighted by atomic mass is 9.75. The third-order valence-corrected chi connectivity index (χ3v) is 25.9. The van der Waals surface area contributed by atoms with Crippen molar-refractivity contribution in [1.82, 2.24) is 54.4 Å². The number of aldehydes is 1. The number of nitrogens with zero attached hydrogens (tertiary/aromatic N) is 8. The Kier molecular flexibility index (Phi) is 53.1. The Balaban J connectivity index is -0.00000123. The predicted octanol–water partition coefficient (Wildman–Crippen LogP) is 12.4. The van der Waals surface area contributed by atoms with Gasteiger partial charge in [0.15, 0.2) is 0 Å². The monoisotopic (exact) mass is 1620 g/mol. The molecule has 11 aliphatic heterocycles. The van der Waals surface area contributed by atoms with Crippen LogP contribution < -0.4 is 16.0 Å². The molecule has 12 N–H and O–H groups in total. The van der Waals surface area contributed by atoms with Gasteiger partial charge in [-0.1, -0.05) is 130 Å². The van der Waals surface area contributed by atoms with Gasteiger partial charge >= 0.3 is 60.7 Å². The molecule has 11 rings (SSSR count). The summed E-state index contributed by atoms with van der Waals surface area (Å²) in [6, 6.07) is 0. The first-order chi connectivity index (χ1) is 53.1. The number of piperidine rings is 11. The molecule has 668 valence electrons. The highest BCUT2D eigenvalue weighted by molar-refractivity contribution is 6.47. The molecule has 0 amide bonds. The van der Waals surface area contributed by atoms with Crippen molar-refractivity contribution >= 4 is 62.7 Å². The van der Waals surface area contributed by atoms with Crippen LogP contribution in [0.25, 0.3) is 0 Å². The summed E-state index contributed by atoms with van der Waals surface area (Å²) in [4.78, 5) is 27.5. The Labute approximate surface area is 717 Å². The fourth-order valence-electron chi connectivity index (χ4n) is 17.7. The molecule has 5 unspecified atom stereocenters. The number of aliphatic hydroxyl groups is 1. The molecule has 11 saturated heterocycles. The molecule has 11 aliphatic rings. The zero-order valence-electron chi connectivity index (χ0n) is 82.7. The minimum absolute atomic E-state index is 0. The molecular weight excluding hydrogens is 1430 g/mol. The smallest absolute Gasteiger partial charge is 0.437 e. The zero-order chi connectivity index (χ0) is 87.9. The Morgan fingerprint density at radius 1 is 0.330 bits per heavy atom. The number of hydrogen-bond acceptors (Lipinski definition) is 21. The van der Waals surface area contributed by atoms with Crippen LogP contribution >= 0.6 is 0 Å². The lowest BCUT2D eigenvalue weighted by Crippen LogP contribution is -2.49. The lowest BCUT2D eigenvalue weighted by Gasteiger charge is -2.39. The largest absolute Gasteiger partial charge is 1.00 e. The van der Waals surface area contributed by atoms with Gasteiger partial charge in [0.2, 0.25) is 0 Å². The maximum absolute atomic E-state index is 10.7. The maximum atomic E-state index is 10.7. The normalized spacial score (nSPS) is 28.7. The molecule has 11 fully saturated rings. The summed E-state index contributed by atoms with van der Waals surface area (Å²) < 4.78 is 0. The highest BCUT2D eigenvalue weighted by Gasteiger charge is 2.38. The van der Waals surface area contributed by atoms with E-state index in [2.05, 4.69) is 175 Å². The van der Waals surface area contributed by atoms with Gasteiger partial charge in [-0.3, -0.25) is 0 Å². The van der Waals surface area contributed by atoms with Gasteiger partial charge in [0.25, 0.3) is 0 Å². The summed E-state index contributed by atoms with van der Waals surface area (Å²) in [7, 11) is -2.44. The molecule has 0 aliphatic carbocycles. The number of carbonyl (C=O) groups is 1. The average molecular weight is 1620 g/mol. The maximum Gasteiger partial charge on any atom is 1.00 e. The summed E-state index contributed by atoms with van der Waals surface area (Å²) in [5.74, 6) is 0.767. The van der Waals surface area contributed by atoms with Gasteiger partial charge < -0.3 is 105 Å². The molecule has 11 heterocycles. The topological polar surface area (TPSA) is 261 Å². The standard InChI is InChI=1S/C9H18BNO.C8H18BNO2.C8H16BNO2.4C8H18BNO.C8H15N.C7H16BNO.2C7H15N/c1-4-9(2)6-5-7-11(8-9)10(3)12;2*1-8(7-11)4-3-5-10(6-8)9(2)12;4*1-8(2)5-4-6-10(7-8)9(3)11;1-3-8(2)5-4-6-9-7-8;1-7-4-3-5-9(6-7)8(2)10;2*1-7(2)4-3-5-8-6-7/h4,12H,1,5-8H2,2-3H3;11-12H,3-7H2,1-2H3;7,12H,3-6H2,1-2H3;4*11H,4-7H2,1-3H3;3,9H,1,4-7H2,2H3;7,10H,3-6H2,1-2H3;2*8H,3-6H2,1-2H3/p+3. The molecule has 115 heavy (non-hydrogen) atoms. The van der Waals surface area contributed by atoms with E-state index in [-0.39, 0.29) is 76.5 Å². The third kappa shape index (κ3) is 49.8. The number of carbonyl (C=O) groups excluding carboxylic acids is 1. The number of nitrogens with one attached hydrogen (secondary N) is 3. The van der Waals surface area contributed by atoms with Gasteiger partial charge in [0, 0.05) is 43.6 Å². The van der Waals surface area contributed by atoms with Crippen LogP contribution in [0.4, 0.5) is 0 Å². The molecule has 0 radical (unpaired) electrons. The van der Waals surface area contributed by atoms with Crippen molar-refractivity contribution < 1.29 is 54.4 Å². The van der Waals surface area contributed by atoms with E-state index in [1.165, 1.54) is 142 Å². The van der Waals surface area contributed by atoms with Crippen molar-refractivity contribution in [2.45, 2.75) is 314 Å². The van der Waals surface area contributed by atoms with E-state index in [9.17, 15) is 45.0 Å². The van der Waals surface area contributed by atoms with Crippen LogP contribution in [0.3, 0.4) is 0 Å². The van der Waals surface area contributed by atoms with Gasteiger partial charge in [-0.05, 0) is 363 Å². The van der Waals surface area contributed by atoms with E-state index in [0.717, 1.165) is 149 Å². The quantitative estimate of drug-likeness (QED) is 0.0492. The van der Waals surface area contributed by atoms with Crippen LogP contribution in [0.5, 0.6) is 0 Å². The molecule has 21 nitrogen and oxygen atoms in total. The first-order valence-electron chi connectivity index (χ1n) is 46.0. The van der Waals surface area contributed by atoms with Crippen LogP contribution in [0.15, 0.2) is 25.3 Å². The summed E-state index contributed by atoms with van der Waals surface area (Å²) in [5.41, 5.74) is 3.06. The highest BCUT2D eigenvalue weighted by Crippen LogP contribution is 2.35. The van der Waals surface area contributed by atoms with E-state index in [0.29, 0.717) is 44.4 Å². The molecule has 5 atom stereocenters. The Morgan fingerprint density at radius 2 is 0.583 bits per heavy atom. The second-order valence-electron chi connectivity index (χ2n) is 43.1. The minimum Gasteiger partial charge on any atom is -0.437 e. The van der Waals surface area contributed by atoms with E-state index >= 15 is 0 Å². The summed E-state index contributed by atoms with van der Waals surface area (Å²) in [6.07, 6.45) is 32.2. The van der Waals surface area contributed by atoms with Gasteiger partial charge in [0.05, 0.1) is 0 Å². The van der Waals surface area contributed by atoms with Crippen molar-refractivity contribution in [3.8, 4) is 0 Å². The fraction of sp³-hybridized carbons (Fsp3) is 0.942. The second kappa shape index (κ2) is 54.6. The Bertz CT molecular complexity index is 2390. The van der Waals surface area contributed by atoms with E-state index < -0.39 is 7.05 Å². The van der Waals surface area contributed by atoms with E-state index in [1.807, 2.05) is 63.6 Å². The fourth-order valence-corrected chi connectivity index (χ4v) is 17.7. The molecule has 0 spiro atoms. The van der Waals surface area contributed by atoms with E-state index in [4.69, 9.17) is 5.11 Å². The Hall–Kier alpha value is -1.13. The summed E-state index contributed by atoms with van der Waals surface area (Å²) in [6.45, 7) is 83.5. The van der Waals surface area contributed by atoms with Gasteiger partial charge in [0.1, 0.15) is 6.29 Å². The lowest BCUT2D eigenvalue weighted by molar-refractivity contribution is -0.117. The SMILES string of the molecule is C=CC1(C)CCCN(B(C)O)C1.C=CC1(C)CCCNC1.CB(O)N1CCCC(C)(C)C1.CB(O)N1CCCC(C)(C)C1.CB(O)N1CCCC(C)(C)C1.CB(O)N1CCCC(C)(C)C1.CB(O)N1CCCC(C)(C=O)C1.CB(O)N1CCCC(C)(CO)C1.CB(O)N1CCCC(C)C1.CC1(C)CCCNC1.CC1(C)CCCNC1.[H+].[H+].[H+]. The summed E-state index contributed by atoms with van der Waals surface area (Å²) in [5, 5.41) is 93.9. The van der Waals surface area contributed by atoms with Crippen molar-refractivity contribution in [1.29, 1.82) is 0 Å². The minimum atomic E-state index is -0.426. The van der Waals surface area contributed by atoms with Crippen LogP contribution in [-0.4, -0.2) is 297 Å². The van der Waals surface area contributed by atoms with Crippen molar-refractivity contribution in [2.24, 2.45) is 60.1 Å². The molecule has 29 heteroatoms. The van der Waals surface area contributed by atoms with Crippen molar-refractivity contribution in [3.05, 3.63) is 25.3 Å². The summed E-state index contributed by atoms with van der Waals surface area (Å²) >= 11 is 0. The number of hydrogen-bond donors (Lipinski definition) is 12. The molecule has 0 bridgehead atoms. The zero-order valence-corrected chi connectivity index (χ0v) is 79.7. The molecule has 0 saturated carbocycles. The Morgan fingerprint density at radius 3 is 0.800 bits per heavy atom. The van der Waals surface area contributed by atoms with Crippen molar-refractivity contribution in [2.75, 3.05) is 151 Å². The van der Waals surface area contributed by atoms with Crippen LogP contribution in [0.2, 0.25) is 54.6 Å². The predicted molar refractivity (Wildman–Crippen MR) is 505 cm³/mol. The number of aliphatic hydroxyl groups excluding tert-OH is 1. The molecular formula is C86H188B8N11O10+3. The molecule has 0 aromatic rings. The van der Waals surface area contributed by atoms with Crippen LogP contribution in [-0.2, 0) is 4.79 Å². The van der Waals surface area contributed by atoms with Gasteiger partial charge in [-0.2, -0.15) is 0 Å².